The summed E-state index contributed by atoms with van der Waals surface area (Å²) < 4.78 is 6.37. The van der Waals surface area contributed by atoms with E-state index in [1.54, 1.807) is 0 Å². The van der Waals surface area contributed by atoms with Crippen LogP contribution in [0.25, 0.3) is 11.3 Å². The summed E-state index contributed by atoms with van der Waals surface area (Å²) in [6, 6.07) is 27.7. The van der Waals surface area contributed by atoms with Crippen molar-refractivity contribution >= 4 is 34.6 Å². The molecular weight excluding hydrogens is 464 g/mol. The van der Waals surface area contributed by atoms with Gasteiger partial charge < -0.3 is 20.0 Å². The number of hydrogen-bond acceptors (Lipinski definition) is 4. The first-order valence-corrected chi connectivity index (χ1v) is 12.1. The van der Waals surface area contributed by atoms with E-state index >= 15 is 0 Å². The predicted octanol–water partition coefficient (Wildman–Crippen LogP) is 6.47. The number of hydrogen-bond donors (Lipinski definition) is 2. The summed E-state index contributed by atoms with van der Waals surface area (Å²) >= 11 is 11.8. The van der Waals surface area contributed by atoms with Crippen molar-refractivity contribution in [1.82, 2.24) is 15.2 Å². The lowest BCUT2D eigenvalue weighted by Crippen LogP contribution is -2.31. The van der Waals surface area contributed by atoms with E-state index in [1.807, 2.05) is 79.0 Å². The number of para-hydroxylation sites is 1. The molecule has 4 aromatic rings. The lowest BCUT2D eigenvalue weighted by atomic mass is 10.0. The molecule has 5 nitrogen and oxygen atoms in total. The molecule has 2 N–H and O–H groups in total. The third kappa shape index (κ3) is 4.93. The zero-order chi connectivity index (χ0) is 23.3. The number of nitrogens with zero attached hydrogens (tertiary/aromatic N) is 2. The van der Waals surface area contributed by atoms with Crippen molar-refractivity contribution < 1.29 is 4.42 Å². The maximum absolute atomic E-state index is 6.37. The molecule has 2 aromatic heterocycles. The van der Waals surface area contributed by atoms with Gasteiger partial charge in [0.15, 0.2) is 5.11 Å². The van der Waals surface area contributed by atoms with Gasteiger partial charge in [0.2, 0.25) is 0 Å². The number of aromatic nitrogens is 1. The molecule has 5 rings (SSSR count). The van der Waals surface area contributed by atoms with Crippen LogP contribution in [0.5, 0.6) is 0 Å². The number of rotatable bonds is 8. The average molecular weight is 489 g/mol. The normalized spacial score (nSPS) is 17.6. The first-order chi connectivity index (χ1) is 16.7. The van der Waals surface area contributed by atoms with E-state index < -0.39 is 0 Å². The van der Waals surface area contributed by atoms with Crippen molar-refractivity contribution in [2.75, 3.05) is 18.4 Å². The molecule has 1 fully saturated rings. The van der Waals surface area contributed by atoms with Gasteiger partial charge in [-0.1, -0.05) is 35.9 Å². The molecule has 0 radical (unpaired) electrons. The minimum absolute atomic E-state index is 0.0971. The molecule has 1 aliphatic heterocycles. The molecule has 0 unspecified atom stereocenters. The number of anilines is 1. The maximum atomic E-state index is 6.37. The van der Waals surface area contributed by atoms with Crippen molar-refractivity contribution in [2.24, 2.45) is 0 Å². The van der Waals surface area contributed by atoms with Crippen molar-refractivity contribution in [3.63, 3.8) is 0 Å². The molecule has 172 valence electrons. The lowest BCUT2D eigenvalue weighted by molar-refractivity contribution is 0.274. The number of pyridine rings is 1. The highest BCUT2D eigenvalue weighted by Crippen LogP contribution is 2.40. The molecule has 2 aromatic carbocycles. The summed E-state index contributed by atoms with van der Waals surface area (Å²) in [5, 5.41) is 8.37. The van der Waals surface area contributed by atoms with Crippen LogP contribution in [0.4, 0.5) is 5.69 Å². The van der Waals surface area contributed by atoms with Crippen LogP contribution in [0.2, 0.25) is 5.02 Å². The Kier molecular flexibility index (Phi) is 6.79. The van der Waals surface area contributed by atoms with Crippen molar-refractivity contribution in [3.8, 4) is 11.3 Å². The van der Waals surface area contributed by atoms with Crippen molar-refractivity contribution in [3.05, 3.63) is 108 Å². The van der Waals surface area contributed by atoms with Crippen LogP contribution < -0.4 is 10.6 Å². The summed E-state index contributed by atoms with van der Waals surface area (Å²) in [7, 11) is 0. The quantitative estimate of drug-likeness (QED) is 0.219. The summed E-state index contributed by atoms with van der Waals surface area (Å²) in [4.78, 5) is 6.81. The van der Waals surface area contributed by atoms with E-state index in [2.05, 4.69) is 32.7 Å². The first kappa shape index (κ1) is 22.4. The fourth-order valence-corrected chi connectivity index (χ4v) is 4.73. The van der Waals surface area contributed by atoms with E-state index in [4.69, 9.17) is 28.2 Å². The second-order valence-electron chi connectivity index (χ2n) is 8.18. The molecule has 0 spiro atoms. The van der Waals surface area contributed by atoms with E-state index in [0.29, 0.717) is 10.1 Å². The minimum atomic E-state index is -0.0972. The molecule has 0 amide bonds. The Morgan fingerprint density at radius 3 is 2.53 bits per heavy atom. The number of benzene rings is 2. The minimum Gasteiger partial charge on any atom is -0.459 e. The largest absolute Gasteiger partial charge is 0.459 e. The van der Waals surface area contributed by atoms with Gasteiger partial charge in [-0.2, -0.15) is 0 Å². The van der Waals surface area contributed by atoms with Crippen molar-refractivity contribution in [1.29, 1.82) is 0 Å². The molecule has 1 saturated heterocycles. The summed E-state index contributed by atoms with van der Waals surface area (Å²) in [6.45, 7) is 1.63. The van der Waals surface area contributed by atoms with Gasteiger partial charge in [0.1, 0.15) is 17.6 Å². The average Bonchev–Trinajstić information content (AvgIpc) is 3.48. The van der Waals surface area contributed by atoms with Crippen molar-refractivity contribution in [2.45, 2.75) is 18.5 Å². The Morgan fingerprint density at radius 1 is 0.971 bits per heavy atom. The zero-order valence-electron chi connectivity index (χ0n) is 18.5. The Balaban J connectivity index is 1.37. The molecule has 0 saturated carbocycles. The Labute approximate surface area is 209 Å². The fraction of sp³-hybridized carbons (Fsp3) is 0.185. The van der Waals surface area contributed by atoms with Gasteiger partial charge in [-0.25, -0.2) is 0 Å². The monoisotopic (exact) mass is 488 g/mol. The highest BCUT2D eigenvalue weighted by molar-refractivity contribution is 7.80. The van der Waals surface area contributed by atoms with Gasteiger partial charge in [0, 0.05) is 35.6 Å². The van der Waals surface area contributed by atoms with Crippen LogP contribution in [0.1, 0.15) is 30.0 Å². The van der Waals surface area contributed by atoms with E-state index in [1.165, 1.54) is 0 Å². The molecular formula is C27H25ClN4OS. The highest BCUT2D eigenvalue weighted by atomic mass is 35.5. The molecule has 1 aliphatic rings. The topological polar surface area (TPSA) is 53.3 Å². The SMILES string of the molecule is S=C1N[C@@H](c2ccccn2)[C@H](c2ccc(-c3ccc(Cl)cc3)o2)N1CCCNc1ccccc1. The van der Waals surface area contributed by atoms with Crippen LogP contribution in [0.15, 0.2) is 95.5 Å². The molecule has 2 atom stereocenters. The zero-order valence-corrected chi connectivity index (χ0v) is 20.1. The van der Waals surface area contributed by atoms with Gasteiger partial charge in [-0.3, -0.25) is 4.98 Å². The van der Waals surface area contributed by atoms with Gasteiger partial charge in [-0.05, 0) is 79.3 Å². The maximum Gasteiger partial charge on any atom is 0.170 e. The summed E-state index contributed by atoms with van der Waals surface area (Å²) in [5.74, 6) is 1.65. The van der Waals surface area contributed by atoms with Gasteiger partial charge in [0.25, 0.3) is 0 Å². The summed E-state index contributed by atoms with van der Waals surface area (Å²) in [5.41, 5.74) is 3.03. The number of halogens is 1. The lowest BCUT2D eigenvalue weighted by Gasteiger charge is -2.26. The molecule has 34 heavy (non-hydrogen) atoms. The van der Waals surface area contributed by atoms with Crippen LogP contribution >= 0.6 is 23.8 Å². The fourth-order valence-electron chi connectivity index (χ4n) is 4.27. The Morgan fingerprint density at radius 2 is 1.76 bits per heavy atom. The van der Waals surface area contributed by atoms with E-state index in [0.717, 1.165) is 48.0 Å². The Hall–Kier alpha value is -3.35. The molecule has 3 heterocycles. The van der Waals surface area contributed by atoms with Crippen LogP contribution in [-0.2, 0) is 0 Å². The van der Waals surface area contributed by atoms with Crippen LogP contribution in [-0.4, -0.2) is 28.1 Å². The third-order valence-corrected chi connectivity index (χ3v) is 6.53. The third-order valence-electron chi connectivity index (χ3n) is 5.92. The van der Waals surface area contributed by atoms with Gasteiger partial charge in [-0.15, -0.1) is 0 Å². The molecule has 0 aliphatic carbocycles. The van der Waals surface area contributed by atoms with Crippen LogP contribution in [0.3, 0.4) is 0 Å². The Bertz CT molecular complexity index is 1230. The number of thiocarbonyl (C=S) groups is 1. The standard InChI is InChI=1S/C27H25ClN4OS/c28-20-12-10-19(11-13-20)23-14-15-24(33-23)26-25(22-9-4-5-16-30-22)31-27(34)32(26)18-6-17-29-21-7-2-1-3-8-21/h1-5,7-16,25-26,29H,6,17-18H2,(H,31,34)/t25-,26-/m0/s1. The van der Waals surface area contributed by atoms with E-state index in [-0.39, 0.29) is 12.1 Å². The molecule has 0 bridgehead atoms. The second kappa shape index (κ2) is 10.3. The second-order valence-corrected chi connectivity index (χ2v) is 9.00. The van der Waals surface area contributed by atoms with Crippen LogP contribution in [0, 0.1) is 0 Å². The van der Waals surface area contributed by atoms with Gasteiger partial charge >= 0.3 is 0 Å². The summed E-state index contributed by atoms with van der Waals surface area (Å²) in [6.07, 6.45) is 2.73. The predicted molar refractivity (Wildman–Crippen MR) is 141 cm³/mol. The first-order valence-electron chi connectivity index (χ1n) is 11.3. The van der Waals surface area contributed by atoms with Gasteiger partial charge in [0.05, 0.1) is 11.7 Å². The highest BCUT2D eigenvalue weighted by Gasteiger charge is 2.41. The smallest absolute Gasteiger partial charge is 0.170 e. The van der Waals surface area contributed by atoms with E-state index in [9.17, 15) is 0 Å². The molecule has 7 heteroatoms. The number of furan rings is 1. The number of nitrogens with one attached hydrogen (secondary N) is 2.